The lowest BCUT2D eigenvalue weighted by atomic mass is 9.89. The van der Waals surface area contributed by atoms with Gasteiger partial charge in [-0.05, 0) is 22.4 Å². The zero-order chi connectivity index (χ0) is 8.77. The number of thiophene rings is 1. The van der Waals surface area contributed by atoms with Crippen molar-refractivity contribution in [1.29, 1.82) is 0 Å². The molecule has 1 nitrogen and oxygen atoms in total. The summed E-state index contributed by atoms with van der Waals surface area (Å²) in [6, 6.07) is 2.13. The van der Waals surface area contributed by atoms with Crippen LogP contribution in [0.15, 0.2) is 17.6 Å². The number of H-pyrrole nitrogens is 1. The fourth-order valence-electron chi connectivity index (χ4n) is 1.40. The summed E-state index contributed by atoms with van der Waals surface area (Å²) in [4.78, 5) is 3.29. The molecule has 0 saturated carbocycles. The topological polar surface area (TPSA) is 15.8 Å². The summed E-state index contributed by atoms with van der Waals surface area (Å²) in [6.07, 6.45) is 2.01. The molecule has 2 heterocycles. The summed E-state index contributed by atoms with van der Waals surface area (Å²) in [5, 5.41) is 2.25. The zero-order valence-corrected chi connectivity index (χ0v) is 8.46. The summed E-state index contributed by atoms with van der Waals surface area (Å²) in [5.41, 5.74) is 2.99. The summed E-state index contributed by atoms with van der Waals surface area (Å²) < 4.78 is 1.36. The van der Waals surface area contributed by atoms with Crippen LogP contribution in [-0.4, -0.2) is 4.98 Å². The summed E-state index contributed by atoms with van der Waals surface area (Å²) in [7, 11) is 0. The maximum absolute atomic E-state index is 3.29. The Morgan fingerprint density at radius 3 is 2.75 bits per heavy atom. The Kier molecular flexibility index (Phi) is 1.55. The van der Waals surface area contributed by atoms with Gasteiger partial charge in [0.1, 0.15) is 0 Å². The highest BCUT2D eigenvalue weighted by atomic mass is 32.1. The molecule has 0 radical (unpaired) electrons. The largest absolute Gasteiger partial charge is 0.360 e. The zero-order valence-electron chi connectivity index (χ0n) is 7.64. The van der Waals surface area contributed by atoms with Gasteiger partial charge in [-0.3, -0.25) is 0 Å². The second-order valence-electron chi connectivity index (χ2n) is 4.12. The van der Waals surface area contributed by atoms with E-state index in [1.54, 1.807) is 0 Å². The third kappa shape index (κ3) is 1.07. The van der Waals surface area contributed by atoms with Crippen LogP contribution in [0.25, 0.3) is 10.2 Å². The second kappa shape index (κ2) is 2.36. The molecule has 1 N–H and O–H groups in total. The lowest BCUT2D eigenvalue weighted by Crippen LogP contribution is -2.09. The Morgan fingerprint density at radius 2 is 2.08 bits per heavy atom. The highest BCUT2D eigenvalue weighted by Crippen LogP contribution is 2.33. The van der Waals surface area contributed by atoms with E-state index in [2.05, 4.69) is 37.2 Å². The van der Waals surface area contributed by atoms with Gasteiger partial charge in [0, 0.05) is 6.20 Å². The van der Waals surface area contributed by atoms with Crippen molar-refractivity contribution >= 4 is 21.6 Å². The minimum Gasteiger partial charge on any atom is -0.360 e. The molecular formula is C10H13NS. The van der Waals surface area contributed by atoms with E-state index >= 15 is 0 Å². The Morgan fingerprint density at radius 1 is 1.33 bits per heavy atom. The number of hydrogen-bond acceptors (Lipinski definition) is 1. The maximum atomic E-state index is 3.29. The molecule has 0 aliphatic carbocycles. The van der Waals surface area contributed by atoms with Crippen molar-refractivity contribution in [3.05, 3.63) is 23.2 Å². The monoisotopic (exact) mass is 179 g/mol. The first-order valence-electron chi connectivity index (χ1n) is 4.14. The molecule has 12 heavy (non-hydrogen) atoms. The Bertz CT molecular complexity index is 389. The van der Waals surface area contributed by atoms with Gasteiger partial charge in [-0.25, -0.2) is 0 Å². The minimum absolute atomic E-state index is 0.253. The molecule has 0 aliphatic heterocycles. The van der Waals surface area contributed by atoms with E-state index in [-0.39, 0.29) is 5.41 Å². The van der Waals surface area contributed by atoms with E-state index in [0.29, 0.717) is 0 Å². The highest BCUT2D eigenvalue weighted by molar-refractivity contribution is 7.17. The van der Waals surface area contributed by atoms with Crippen LogP contribution < -0.4 is 0 Å². The van der Waals surface area contributed by atoms with E-state index in [9.17, 15) is 0 Å². The molecule has 64 valence electrons. The van der Waals surface area contributed by atoms with E-state index in [1.807, 2.05) is 17.5 Å². The molecule has 0 aromatic carbocycles. The minimum atomic E-state index is 0.253. The van der Waals surface area contributed by atoms with Gasteiger partial charge in [-0.1, -0.05) is 20.8 Å². The van der Waals surface area contributed by atoms with Crippen molar-refractivity contribution in [2.45, 2.75) is 26.2 Å². The average Bonchev–Trinajstić information content (AvgIpc) is 2.37. The SMILES string of the molecule is CC(C)(C)c1csc2cc[nH]c12. The molecule has 0 saturated heterocycles. The van der Waals surface area contributed by atoms with Gasteiger partial charge < -0.3 is 4.98 Å². The van der Waals surface area contributed by atoms with Crippen molar-refractivity contribution in [3.63, 3.8) is 0 Å². The van der Waals surface area contributed by atoms with Gasteiger partial charge in [-0.2, -0.15) is 0 Å². The van der Waals surface area contributed by atoms with Gasteiger partial charge in [0.25, 0.3) is 0 Å². The highest BCUT2D eigenvalue weighted by Gasteiger charge is 2.18. The third-order valence-electron chi connectivity index (χ3n) is 2.09. The molecule has 0 aliphatic rings. The number of hydrogen-bond donors (Lipinski definition) is 1. The van der Waals surface area contributed by atoms with Crippen molar-refractivity contribution < 1.29 is 0 Å². The van der Waals surface area contributed by atoms with Crippen LogP contribution in [0.4, 0.5) is 0 Å². The van der Waals surface area contributed by atoms with Gasteiger partial charge in [0.05, 0.1) is 10.2 Å². The fourth-order valence-corrected chi connectivity index (χ4v) is 2.55. The van der Waals surface area contributed by atoms with Crippen LogP contribution in [0.1, 0.15) is 26.3 Å². The summed E-state index contributed by atoms with van der Waals surface area (Å²) >= 11 is 1.82. The number of rotatable bonds is 0. The molecule has 2 rings (SSSR count). The lowest BCUT2D eigenvalue weighted by molar-refractivity contribution is 0.597. The molecule has 0 atom stereocenters. The number of aromatic nitrogens is 1. The lowest BCUT2D eigenvalue weighted by Gasteiger charge is -2.16. The van der Waals surface area contributed by atoms with E-state index in [4.69, 9.17) is 0 Å². The summed E-state index contributed by atoms with van der Waals surface area (Å²) in [6.45, 7) is 6.74. The van der Waals surface area contributed by atoms with Crippen molar-refractivity contribution in [2.24, 2.45) is 0 Å². The van der Waals surface area contributed by atoms with Crippen LogP contribution in [0.2, 0.25) is 0 Å². The molecule has 0 fully saturated rings. The smallest absolute Gasteiger partial charge is 0.0601 e. The van der Waals surface area contributed by atoms with Crippen LogP contribution in [0.5, 0.6) is 0 Å². The second-order valence-corrected chi connectivity index (χ2v) is 5.03. The predicted molar refractivity (Wildman–Crippen MR) is 54.9 cm³/mol. The Labute approximate surface area is 76.4 Å². The normalized spacial score (nSPS) is 12.6. The first-order chi connectivity index (χ1) is 5.59. The first-order valence-corrected chi connectivity index (χ1v) is 5.02. The van der Waals surface area contributed by atoms with Crippen molar-refractivity contribution in [1.82, 2.24) is 4.98 Å². The molecule has 2 aromatic heterocycles. The van der Waals surface area contributed by atoms with Crippen LogP contribution in [0, 0.1) is 0 Å². The fraction of sp³-hybridized carbons (Fsp3) is 0.400. The van der Waals surface area contributed by atoms with Crippen molar-refractivity contribution in [2.75, 3.05) is 0 Å². The van der Waals surface area contributed by atoms with E-state index in [0.717, 1.165) is 0 Å². The van der Waals surface area contributed by atoms with Gasteiger partial charge in [-0.15, -0.1) is 11.3 Å². The molecule has 2 heteroatoms. The molecular weight excluding hydrogens is 166 g/mol. The van der Waals surface area contributed by atoms with Crippen LogP contribution >= 0.6 is 11.3 Å². The van der Waals surface area contributed by atoms with Crippen LogP contribution in [0.3, 0.4) is 0 Å². The molecule has 2 aromatic rings. The Balaban J connectivity index is 2.69. The number of nitrogens with one attached hydrogen (secondary N) is 1. The Hall–Kier alpha value is -0.760. The standard InChI is InChI=1S/C10H13NS/c1-10(2,3)7-6-12-8-4-5-11-9(7)8/h4-6,11H,1-3H3. The average molecular weight is 179 g/mol. The van der Waals surface area contributed by atoms with Crippen molar-refractivity contribution in [3.8, 4) is 0 Å². The quantitative estimate of drug-likeness (QED) is 0.637. The maximum Gasteiger partial charge on any atom is 0.0601 e. The molecule has 0 amide bonds. The van der Waals surface area contributed by atoms with E-state index in [1.165, 1.54) is 15.8 Å². The number of fused-ring (bicyclic) bond motifs is 1. The molecule has 0 unspecified atom stereocenters. The summed E-state index contributed by atoms with van der Waals surface area (Å²) in [5.74, 6) is 0. The molecule has 0 spiro atoms. The van der Waals surface area contributed by atoms with Gasteiger partial charge in [0.15, 0.2) is 0 Å². The first kappa shape index (κ1) is 7.87. The van der Waals surface area contributed by atoms with Crippen LogP contribution in [-0.2, 0) is 5.41 Å². The van der Waals surface area contributed by atoms with Gasteiger partial charge >= 0.3 is 0 Å². The third-order valence-corrected chi connectivity index (χ3v) is 3.04. The predicted octanol–water partition coefficient (Wildman–Crippen LogP) is 3.53. The van der Waals surface area contributed by atoms with E-state index < -0.39 is 0 Å². The number of aromatic amines is 1. The van der Waals surface area contributed by atoms with Gasteiger partial charge in [0.2, 0.25) is 0 Å². The molecule has 0 bridgehead atoms.